The molecule has 2 N–H and O–H groups in total. The van der Waals surface area contributed by atoms with Crippen molar-refractivity contribution in [3.05, 3.63) is 54.1 Å². The average molecular weight is 298 g/mol. The summed E-state index contributed by atoms with van der Waals surface area (Å²) < 4.78 is 10.4. The number of benzene rings is 2. The van der Waals surface area contributed by atoms with E-state index in [0.29, 0.717) is 0 Å². The lowest BCUT2D eigenvalue weighted by Gasteiger charge is -2.45. The Morgan fingerprint density at radius 2 is 1.68 bits per heavy atom. The third kappa shape index (κ3) is 2.29. The number of nitrogens with zero attached hydrogens (tertiary/aromatic N) is 1. The lowest BCUT2D eigenvalue weighted by molar-refractivity contribution is -0.126. The van der Waals surface area contributed by atoms with Crippen LogP contribution in [-0.2, 0) is 4.79 Å². The number of ether oxygens (including phenoxy) is 2. The summed E-state index contributed by atoms with van der Waals surface area (Å²) in [6.45, 7) is 0. The molecule has 0 aliphatic carbocycles. The molecule has 1 aliphatic heterocycles. The van der Waals surface area contributed by atoms with Gasteiger partial charge in [-0.25, -0.2) is 0 Å². The van der Waals surface area contributed by atoms with Crippen molar-refractivity contribution in [3.63, 3.8) is 0 Å². The quantitative estimate of drug-likeness (QED) is 0.878. The Kier molecular flexibility index (Phi) is 3.73. The molecule has 0 spiro atoms. The van der Waals surface area contributed by atoms with Crippen LogP contribution in [-0.4, -0.2) is 26.2 Å². The standard InChI is InChI=1S/C17H18N2O3/c1-21-13-8-6-12(7-9-13)19-16(15(18)17(19)20)11-4-3-5-14(10-11)22-2/h3-10,15-16H,18H2,1-2H3/t15-,16-/m1/s1. The van der Waals surface area contributed by atoms with Gasteiger partial charge >= 0.3 is 0 Å². The van der Waals surface area contributed by atoms with E-state index < -0.39 is 6.04 Å². The smallest absolute Gasteiger partial charge is 0.247 e. The molecule has 22 heavy (non-hydrogen) atoms. The van der Waals surface area contributed by atoms with Crippen LogP contribution in [0, 0.1) is 0 Å². The molecule has 1 amide bonds. The second kappa shape index (κ2) is 5.69. The molecule has 1 heterocycles. The van der Waals surface area contributed by atoms with Crippen LogP contribution in [0.5, 0.6) is 11.5 Å². The molecule has 3 rings (SSSR count). The highest BCUT2D eigenvalue weighted by atomic mass is 16.5. The summed E-state index contributed by atoms with van der Waals surface area (Å²) >= 11 is 0. The summed E-state index contributed by atoms with van der Waals surface area (Å²) in [6.07, 6.45) is 0. The maximum absolute atomic E-state index is 12.2. The maximum Gasteiger partial charge on any atom is 0.247 e. The molecule has 0 unspecified atom stereocenters. The number of methoxy groups -OCH3 is 2. The zero-order valence-corrected chi connectivity index (χ0v) is 12.5. The van der Waals surface area contributed by atoms with Gasteiger partial charge in [0, 0.05) is 5.69 Å². The van der Waals surface area contributed by atoms with Crippen molar-refractivity contribution in [1.29, 1.82) is 0 Å². The summed E-state index contributed by atoms with van der Waals surface area (Å²) in [5, 5.41) is 0. The SMILES string of the molecule is COc1ccc(N2C(=O)[C@H](N)[C@H]2c2cccc(OC)c2)cc1. The zero-order valence-electron chi connectivity index (χ0n) is 12.5. The van der Waals surface area contributed by atoms with E-state index in [-0.39, 0.29) is 11.9 Å². The molecular weight excluding hydrogens is 280 g/mol. The van der Waals surface area contributed by atoms with Gasteiger partial charge in [-0.05, 0) is 42.0 Å². The summed E-state index contributed by atoms with van der Waals surface area (Å²) in [4.78, 5) is 13.9. The van der Waals surface area contributed by atoms with Crippen molar-refractivity contribution in [3.8, 4) is 11.5 Å². The minimum Gasteiger partial charge on any atom is -0.497 e. The average Bonchev–Trinajstić information content (AvgIpc) is 2.58. The van der Waals surface area contributed by atoms with Crippen molar-refractivity contribution >= 4 is 11.6 Å². The Morgan fingerprint density at radius 3 is 2.32 bits per heavy atom. The number of β-lactam (4-membered cyclic amide) rings is 1. The van der Waals surface area contributed by atoms with E-state index in [1.165, 1.54) is 0 Å². The molecule has 1 aliphatic rings. The van der Waals surface area contributed by atoms with Crippen LogP contribution in [0.4, 0.5) is 5.69 Å². The van der Waals surface area contributed by atoms with Gasteiger partial charge in [0.1, 0.15) is 17.5 Å². The predicted molar refractivity (Wildman–Crippen MR) is 84.2 cm³/mol. The first-order chi connectivity index (χ1) is 10.7. The predicted octanol–water partition coefficient (Wildman–Crippen LogP) is 2.12. The highest BCUT2D eigenvalue weighted by Gasteiger charge is 2.46. The summed E-state index contributed by atoms with van der Waals surface area (Å²) in [7, 11) is 3.23. The van der Waals surface area contributed by atoms with Crippen LogP contribution >= 0.6 is 0 Å². The largest absolute Gasteiger partial charge is 0.497 e. The molecule has 0 saturated carbocycles. The van der Waals surface area contributed by atoms with Crippen LogP contribution in [0.2, 0.25) is 0 Å². The molecule has 2 aromatic carbocycles. The number of rotatable bonds is 4. The van der Waals surface area contributed by atoms with Crippen LogP contribution in [0.3, 0.4) is 0 Å². The van der Waals surface area contributed by atoms with Crippen LogP contribution in [0.1, 0.15) is 11.6 Å². The molecule has 2 aromatic rings. The minimum atomic E-state index is -0.533. The zero-order chi connectivity index (χ0) is 15.7. The second-order valence-corrected chi connectivity index (χ2v) is 5.15. The molecule has 1 fully saturated rings. The van der Waals surface area contributed by atoms with E-state index in [1.54, 1.807) is 19.1 Å². The Labute approximate surface area is 129 Å². The van der Waals surface area contributed by atoms with Gasteiger partial charge in [-0.1, -0.05) is 12.1 Å². The number of carbonyl (C=O) groups is 1. The van der Waals surface area contributed by atoms with E-state index in [9.17, 15) is 4.79 Å². The number of hydrogen-bond acceptors (Lipinski definition) is 4. The number of nitrogens with two attached hydrogens (primary N) is 1. The fourth-order valence-electron chi connectivity index (χ4n) is 2.72. The first-order valence-electron chi connectivity index (χ1n) is 7.02. The fourth-order valence-corrected chi connectivity index (χ4v) is 2.72. The van der Waals surface area contributed by atoms with Gasteiger partial charge in [-0.2, -0.15) is 0 Å². The third-order valence-corrected chi connectivity index (χ3v) is 3.93. The van der Waals surface area contributed by atoms with Crippen LogP contribution in [0.25, 0.3) is 0 Å². The molecule has 0 radical (unpaired) electrons. The van der Waals surface area contributed by atoms with Gasteiger partial charge < -0.3 is 20.1 Å². The van der Waals surface area contributed by atoms with Crippen molar-refractivity contribution in [2.75, 3.05) is 19.1 Å². The van der Waals surface area contributed by atoms with E-state index in [1.807, 2.05) is 48.5 Å². The second-order valence-electron chi connectivity index (χ2n) is 5.15. The first kappa shape index (κ1) is 14.4. The van der Waals surface area contributed by atoms with E-state index in [2.05, 4.69) is 0 Å². The van der Waals surface area contributed by atoms with Gasteiger partial charge in [-0.15, -0.1) is 0 Å². The van der Waals surface area contributed by atoms with Crippen molar-refractivity contribution < 1.29 is 14.3 Å². The van der Waals surface area contributed by atoms with Crippen LogP contribution in [0.15, 0.2) is 48.5 Å². The lowest BCUT2D eigenvalue weighted by Crippen LogP contribution is -2.63. The van der Waals surface area contributed by atoms with Gasteiger partial charge in [-0.3, -0.25) is 4.79 Å². The topological polar surface area (TPSA) is 64.8 Å². The Hall–Kier alpha value is -2.53. The fraction of sp³-hybridized carbons (Fsp3) is 0.235. The van der Waals surface area contributed by atoms with E-state index in [4.69, 9.17) is 15.2 Å². The lowest BCUT2D eigenvalue weighted by atomic mass is 9.88. The van der Waals surface area contributed by atoms with Gasteiger partial charge in [0.15, 0.2) is 0 Å². The number of anilines is 1. The van der Waals surface area contributed by atoms with Crippen molar-refractivity contribution in [2.24, 2.45) is 5.73 Å². The molecule has 5 nitrogen and oxygen atoms in total. The molecule has 2 atom stereocenters. The van der Waals surface area contributed by atoms with E-state index in [0.717, 1.165) is 22.7 Å². The normalized spacial score (nSPS) is 20.5. The number of hydrogen-bond donors (Lipinski definition) is 1. The molecule has 5 heteroatoms. The molecular formula is C17H18N2O3. The summed E-state index contributed by atoms with van der Waals surface area (Å²) in [5.74, 6) is 1.41. The third-order valence-electron chi connectivity index (χ3n) is 3.93. The molecule has 0 bridgehead atoms. The van der Waals surface area contributed by atoms with Gasteiger partial charge in [0.2, 0.25) is 5.91 Å². The number of carbonyl (C=O) groups excluding carboxylic acids is 1. The maximum atomic E-state index is 12.2. The van der Waals surface area contributed by atoms with Crippen LogP contribution < -0.4 is 20.1 Å². The van der Waals surface area contributed by atoms with E-state index >= 15 is 0 Å². The van der Waals surface area contributed by atoms with Gasteiger partial charge in [0.05, 0.1) is 20.3 Å². The first-order valence-corrected chi connectivity index (χ1v) is 7.02. The minimum absolute atomic E-state index is 0.0852. The summed E-state index contributed by atoms with van der Waals surface area (Å²) in [6, 6.07) is 14.3. The highest BCUT2D eigenvalue weighted by Crippen LogP contribution is 2.39. The Morgan fingerprint density at radius 1 is 1.00 bits per heavy atom. The molecule has 114 valence electrons. The number of amides is 1. The Bertz CT molecular complexity index is 685. The summed E-state index contributed by atoms with van der Waals surface area (Å²) in [5.41, 5.74) is 7.78. The highest BCUT2D eigenvalue weighted by molar-refractivity contribution is 6.05. The monoisotopic (exact) mass is 298 g/mol. The van der Waals surface area contributed by atoms with Crippen molar-refractivity contribution in [1.82, 2.24) is 0 Å². The Balaban J connectivity index is 1.93. The van der Waals surface area contributed by atoms with Crippen molar-refractivity contribution in [2.45, 2.75) is 12.1 Å². The molecule has 1 saturated heterocycles. The molecule has 0 aromatic heterocycles. The van der Waals surface area contributed by atoms with Gasteiger partial charge in [0.25, 0.3) is 0 Å².